The van der Waals surface area contributed by atoms with Crippen LogP contribution in [0.4, 0.5) is 0 Å². The van der Waals surface area contributed by atoms with Gasteiger partial charge in [-0.1, -0.05) is 18.2 Å². The zero-order chi connectivity index (χ0) is 11.7. The standard InChI is InChI=1S/C12H13NO3/c1-3-16-12(15)10-8-6-4-5-7-9(8)11(14)13(10)2/h4-7,10H,3H2,1-2H3. The summed E-state index contributed by atoms with van der Waals surface area (Å²) < 4.78 is 4.97. The number of fused-ring (bicyclic) bond motifs is 1. The minimum atomic E-state index is -0.594. The molecule has 0 fully saturated rings. The van der Waals surface area contributed by atoms with Crippen molar-refractivity contribution in [2.24, 2.45) is 0 Å². The Morgan fingerprint density at radius 3 is 2.81 bits per heavy atom. The van der Waals surface area contributed by atoms with Crippen molar-refractivity contribution in [2.45, 2.75) is 13.0 Å². The van der Waals surface area contributed by atoms with Gasteiger partial charge in [0.25, 0.3) is 5.91 Å². The van der Waals surface area contributed by atoms with E-state index in [2.05, 4.69) is 0 Å². The Morgan fingerprint density at radius 1 is 1.44 bits per heavy atom. The highest BCUT2D eigenvalue weighted by Crippen LogP contribution is 2.32. The first-order chi connectivity index (χ1) is 7.66. The number of nitrogens with zero attached hydrogens (tertiary/aromatic N) is 1. The third kappa shape index (κ3) is 1.46. The number of carbonyl (C=O) groups excluding carboxylic acids is 2. The van der Waals surface area contributed by atoms with Crippen LogP contribution in [0, 0.1) is 0 Å². The van der Waals surface area contributed by atoms with Crippen molar-refractivity contribution < 1.29 is 14.3 Å². The van der Waals surface area contributed by atoms with Crippen molar-refractivity contribution in [3.05, 3.63) is 35.4 Å². The van der Waals surface area contributed by atoms with Crippen molar-refractivity contribution in [1.82, 2.24) is 4.90 Å². The van der Waals surface area contributed by atoms with E-state index >= 15 is 0 Å². The molecule has 1 aliphatic heterocycles. The van der Waals surface area contributed by atoms with Gasteiger partial charge in [-0.05, 0) is 18.6 Å². The Balaban J connectivity index is 2.41. The van der Waals surface area contributed by atoms with E-state index in [1.807, 2.05) is 6.07 Å². The highest BCUT2D eigenvalue weighted by molar-refractivity contribution is 6.03. The van der Waals surface area contributed by atoms with Gasteiger partial charge in [0, 0.05) is 12.6 Å². The molecule has 0 bridgehead atoms. The molecule has 1 heterocycles. The second-order valence-electron chi connectivity index (χ2n) is 3.66. The largest absolute Gasteiger partial charge is 0.464 e. The van der Waals surface area contributed by atoms with Crippen LogP contribution in [0.1, 0.15) is 28.9 Å². The average Bonchev–Trinajstić information content (AvgIpc) is 2.53. The summed E-state index contributed by atoms with van der Waals surface area (Å²) in [7, 11) is 1.62. The number of hydrogen-bond donors (Lipinski definition) is 0. The van der Waals surface area contributed by atoms with Gasteiger partial charge in [-0.25, -0.2) is 4.79 Å². The zero-order valence-electron chi connectivity index (χ0n) is 9.27. The maximum absolute atomic E-state index is 11.8. The number of hydrogen-bond acceptors (Lipinski definition) is 3. The molecular weight excluding hydrogens is 206 g/mol. The molecule has 0 N–H and O–H groups in total. The molecule has 1 aromatic carbocycles. The molecule has 1 unspecified atom stereocenters. The van der Waals surface area contributed by atoms with E-state index in [0.29, 0.717) is 12.2 Å². The molecule has 84 valence electrons. The SMILES string of the molecule is CCOC(=O)C1c2ccccc2C(=O)N1C. The van der Waals surface area contributed by atoms with Gasteiger partial charge in [0.1, 0.15) is 0 Å². The summed E-state index contributed by atoms with van der Waals surface area (Å²) in [6.07, 6.45) is 0. The molecule has 4 heteroatoms. The van der Waals surface area contributed by atoms with Gasteiger partial charge in [0.05, 0.1) is 6.61 Å². The molecular formula is C12H13NO3. The molecule has 16 heavy (non-hydrogen) atoms. The second kappa shape index (κ2) is 3.96. The monoisotopic (exact) mass is 219 g/mol. The first kappa shape index (κ1) is 10.7. The first-order valence-corrected chi connectivity index (χ1v) is 5.19. The highest BCUT2D eigenvalue weighted by atomic mass is 16.5. The number of ether oxygens (including phenoxy) is 1. The number of amides is 1. The molecule has 1 atom stereocenters. The highest BCUT2D eigenvalue weighted by Gasteiger charge is 2.39. The summed E-state index contributed by atoms with van der Waals surface area (Å²) in [5.41, 5.74) is 1.32. The van der Waals surface area contributed by atoms with Gasteiger partial charge >= 0.3 is 5.97 Å². The molecule has 0 saturated heterocycles. The molecule has 0 spiro atoms. The van der Waals surface area contributed by atoms with Gasteiger partial charge in [0.2, 0.25) is 0 Å². The quantitative estimate of drug-likeness (QED) is 0.706. The first-order valence-electron chi connectivity index (χ1n) is 5.19. The fourth-order valence-corrected chi connectivity index (χ4v) is 1.95. The van der Waals surface area contributed by atoms with Crippen LogP contribution < -0.4 is 0 Å². The third-order valence-electron chi connectivity index (χ3n) is 2.70. The molecule has 0 aliphatic carbocycles. The Bertz CT molecular complexity index is 442. The number of likely N-dealkylation sites (N-methyl/N-ethyl adjacent to an activating group) is 1. The summed E-state index contributed by atoms with van der Waals surface area (Å²) in [4.78, 5) is 25.0. The molecule has 0 aromatic heterocycles. The maximum atomic E-state index is 11.8. The van der Waals surface area contributed by atoms with Gasteiger partial charge in [-0.3, -0.25) is 4.79 Å². The summed E-state index contributed by atoms with van der Waals surface area (Å²) in [5, 5.41) is 0. The van der Waals surface area contributed by atoms with Crippen LogP contribution in [-0.2, 0) is 9.53 Å². The Labute approximate surface area is 93.8 Å². The lowest BCUT2D eigenvalue weighted by molar-refractivity contribution is -0.148. The fraction of sp³-hybridized carbons (Fsp3) is 0.333. The lowest BCUT2D eigenvalue weighted by Crippen LogP contribution is -2.30. The predicted octanol–water partition coefficient (Wildman–Crippen LogP) is 1.38. The molecule has 0 radical (unpaired) electrons. The second-order valence-corrected chi connectivity index (χ2v) is 3.66. The Morgan fingerprint density at radius 2 is 2.12 bits per heavy atom. The zero-order valence-corrected chi connectivity index (χ0v) is 9.27. The van der Waals surface area contributed by atoms with Gasteiger partial charge in [0.15, 0.2) is 6.04 Å². The lowest BCUT2D eigenvalue weighted by Gasteiger charge is -2.18. The maximum Gasteiger partial charge on any atom is 0.333 e. The van der Waals surface area contributed by atoms with E-state index in [0.717, 1.165) is 5.56 Å². The van der Waals surface area contributed by atoms with Crippen molar-refractivity contribution in [1.29, 1.82) is 0 Å². The van der Waals surface area contributed by atoms with E-state index in [1.165, 1.54) is 4.90 Å². The van der Waals surface area contributed by atoms with E-state index in [9.17, 15) is 9.59 Å². The smallest absolute Gasteiger partial charge is 0.333 e. The minimum Gasteiger partial charge on any atom is -0.464 e. The number of carbonyl (C=O) groups is 2. The van der Waals surface area contributed by atoms with Crippen molar-refractivity contribution in [3.63, 3.8) is 0 Å². The predicted molar refractivity (Wildman–Crippen MR) is 57.9 cm³/mol. The number of benzene rings is 1. The molecule has 2 rings (SSSR count). The van der Waals surface area contributed by atoms with Crippen LogP contribution >= 0.6 is 0 Å². The van der Waals surface area contributed by atoms with Gasteiger partial charge in [-0.2, -0.15) is 0 Å². The van der Waals surface area contributed by atoms with Crippen LogP contribution in [0.2, 0.25) is 0 Å². The fourth-order valence-electron chi connectivity index (χ4n) is 1.95. The molecule has 1 aliphatic rings. The van der Waals surface area contributed by atoms with Crippen LogP contribution in [-0.4, -0.2) is 30.4 Å². The average molecular weight is 219 g/mol. The molecule has 1 aromatic rings. The van der Waals surface area contributed by atoms with Crippen LogP contribution in [0.3, 0.4) is 0 Å². The summed E-state index contributed by atoms with van der Waals surface area (Å²) in [6, 6.07) is 6.53. The molecule has 1 amide bonds. The molecule has 4 nitrogen and oxygen atoms in total. The van der Waals surface area contributed by atoms with Crippen molar-refractivity contribution >= 4 is 11.9 Å². The lowest BCUT2D eigenvalue weighted by atomic mass is 10.1. The van der Waals surface area contributed by atoms with E-state index < -0.39 is 6.04 Å². The number of esters is 1. The molecule has 0 saturated carbocycles. The van der Waals surface area contributed by atoms with Crippen LogP contribution in [0.25, 0.3) is 0 Å². The summed E-state index contributed by atoms with van der Waals surface area (Å²) in [5.74, 6) is -0.503. The third-order valence-corrected chi connectivity index (χ3v) is 2.70. The van der Waals surface area contributed by atoms with Crippen LogP contribution in [0.15, 0.2) is 24.3 Å². The Kier molecular flexibility index (Phi) is 2.64. The van der Waals surface area contributed by atoms with Gasteiger partial charge in [-0.15, -0.1) is 0 Å². The van der Waals surface area contributed by atoms with E-state index in [4.69, 9.17) is 4.74 Å². The van der Waals surface area contributed by atoms with E-state index in [-0.39, 0.29) is 11.9 Å². The van der Waals surface area contributed by atoms with Crippen molar-refractivity contribution in [3.8, 4) is 0 Å². The normalized spacial score (nSPS) is 18.5. The summed E-state index contributed by atoms with van der Waals surface area (Å²) >= 11 is 0. The number of rotatable bonds is 2. The van der Waals surface area contributed by atoms with Crippen molar-refractivity contribution in [2.75, 3.05) is 13.7 Å². The summed E-state index contributed by atoms with van der Waals surface area (Å²) in [6.45, 7) is 2.07. The van der Waals surface area contributed by atoms with Gasteiger partial charge < -0.3 is 9.64 Å². The Hall–Kier alpha value is -1.84. The minimum absolute atomic E-state index is 0.131. The van der Waals surface area contributed by atoms with E-state index in [1.54, 1.807) is 32.2 Å². The topological polar surface area (TPSA) is 46.6 Å². The van der Waals surface area contributed by atoms with Crippen LogP contribution in [0.5, 0.6) is 0 Å².